The fraction of sp³-hybridized carbons (Fsp3) is 0.533. The third-order valence-electron chi connectivity index (χ3n) is 4.08. The number of nitrogens with zero attached hydrogens (tertiary/aromatic N) is 3. The summed E-state index contributed by atoms with van der Waals surface area (Å²) >= 11 is 0. The van der Waals surface area contributed by atoms with E-state index < -0.39 is 0 Å². The molecule has 0 aromatic carbocycles. The highest BCUT2D eigenvalue weighted by Crippen LogP contribution is 2.22. The topological polar surface area (TPSA) is 75.0 Å². The molecule has 3 rings (SSSR count). The lowest BCUT2D eigenvalue weighted by molar-refractivity contribution is 0.0662. The smallest absolute Gasteiger partial charge is 0.276 e. The summed E-state index contributed by atoms with van der Waals surface area (Å²) in [6, 6.07) is 1.70. The maximum atomic E-state index is 12.4. The van der Waals surface area contributed by atoms with E-state index in [0.29, 0.717) is 17.4 Å². The molecule has 112 valence electrons. The highest BCUT2D eigenvalue weighted by molar-refractivity contribution is 5.92. The number of aryl methyl sites for hydroxylation is 2. The maximum Gasteiger partial charge on any atom is 0.276 e. The molecule has 1 fully saturated rings. The second-order valence-corrected chi connectivity index (χ2v) is 5.82. The van der Waals surface area contributed by atoms with Crippen molar-refractivity contribution in [1.82, 2.24) is 20.3 Å². The van der Waals surface area contributed by atoms with Gasteiger partial charge in [-0.1, -0.05) is 5.16 Å². The van der Waals surface area contributed by atoms with Gasteiger partial charge in [-0.3, -0.25) is 9.89 Å². The molecule has 0 spiro atoms. The van der Waals surface area contributed by atoms with Crippen LogP contribution in [0.1, 0.15) is 40.3 Å². The quantitative estimate of drug-likeness (QED) is 0.938. The number of likely N-dealkylation sites (tertiary alicyclic amines) is 1. The summed E-state index contributed by atoms with van der Waals surface area (Å²) < 4.78 is 4.99. The minimum atomic E-state index is -0.0297. The van der Waals surface area contributed by atoms with Gasteiger partial charge in [-0.25, -0.2) is 0 Å². The number of hydrogen-bond acceptors (Lipinski definition) is 4. The highest BCUT2D eigenvalue weighted by Gasteiger charge is 2.26. The molecular weight excluding hydrogens is 268 g/mol. The van der Waals surface area contributed by atoms with Gasteiger partial charge in [0.25, 0.3) is 5.91 Å². The number of nitrogens with one attached hydrogen (secondary N) is 1. The molecule has 6 heteroatoms. The van der Waals surface area contributed by atoms with Gasteiger partial charge in [0, 0.05) is 24.8 Å². The fourth-order valence-corrected chi connectivity index (χ4v) is 2.91. The second-order valence-electron chi connectivity index (χ2n) is 5.82. The number of aromatic amines is 1. The molecule has 1 aliphatic rings. The Morgan fingerprint density at radius 2 is 2.38 bits per heavy atom. The van der Waals surface area contributed by atoms with Crippen molar-refractivity contribution in [3.63, 3.8) is 0 Å². The molecule has 0 saturated carbocycles. The summed E-state index contributed by atoms with van der Waals surface area (Å²) in [5, 5.41) is 10.9. The van der Waals surface area contributed by atoms with Crippen LogP contribution in [-0.4, -0.2) is 39.3 Å². The number of piperidine rings is 1. The molecular formula is C15H20N4O2. The van der Waals surface area contributed by atoms with Crippen LogP contribution in [0.2, 0.25) is 0 Å². The Morgan fingerprint density at radius 3 is 3.05 bits per heavy atom. The third-order valence-corrected chi connectivity index (χ3v) is 4.08. The molecule has 1 unspecified atom stereocenters. The number of aromatic nitrogens is 3. The predicted molar refractivity (Wildman–Crippen MR) is 76.9 cm³/mol. The van der Waals surface area contributed by atoms with Crippen LogP contribution in [0.4, 0.5) is 0 Å². The summed E-state index contributed by atoms with van der Waals surface area (Å²) in [6.45, 7) is 5.42. The summed E-state index contributed by atoms with van der Waals surface area (Å²) in [4.78, 5) is 14.3. The number of rotatable bonds is 3. The van der Waals surface area contributed by atoms with Crippen molar-refractivity contribution in [3.8, 4) is 0 Å². The molecule has 1 amide bonds. The summed E-state index contributed by atoms with van der Waals surface area (Å²) in [5.41, 5.74) is 2.77. The van der Waals surface area contributed by atoms with Gasteiger partial charge in [0.2, 0.25) is 0 Å². The molecule has 2 aromatic heterocycles. The Kier molecular flexibility index (Phi) is 3.77. The van der Waals surface area contributed by atoms with Crippen LogP contribution < -0.4 is 0 Å². The second kappa shape index (κ2) is 5.71. The molecule has 1 N–H and O–H groups in total. The van der Waals surface area contributed by atoms with Gasteiger partial charge in [-0.2, -0.15) is 5.10 Å². The van der Waals surface area contributed by atoms with Crippen LogP contribution in [0.3, 0.4) is 0 Å². The minimum Gasteiger partial charge on any atom is -0.361 e. The first-order chi connectivity index (χ1) is 10.1. The summed E-state index contributed by atoms with van der Waals surface area (Å²) in [7, 11) is 0. The average molecular weight is 288 g/mol. The number of carbonyl (C=O) groups is 1. The van der Waals surface area contributed by atoms with E-state index in [2.05, 4.69) is 22.3 Å². The Labute approximate surface area is 123 Å². The lowest BCUT2D eigenvalue weighted by atomic mass is 9.92. The Morgan fingerprint density at radius 1 is 1.52 bits per heavy atom. The third kappa shape index (κ3) is 2.99. The van der Waals surface area contributed by atoms with Crippen LogP contribution in [0, 0.1) is 19.8 Å². The van der Waals surface area contributed by atoms with E-state index in [9.17, 15) is 4.79 Å². The van der Waals surface area contributed by atoms with Gasteiger partial charge in [0.1, 0.15) is 5.76 Å². The van der Waals surface area contributed by atoms with Crippen LogP contribution in [-0.2, 0) is 6.42 Å². The normalized spacial score (nSPS) is 19.0. The van der Waals surface area contributed by atoms with Crippen molar-refractivity contribution < 1.29 is 9.32 Å². The van der Waals surface area contributed by atoms with Crippen molar-refractivity contribution in [2.24, 2.45) is 5.92 Å². The first-order valence-corrected chi connectivity index (χ1v) is 7.35. The molecule has 0 aliphatic carbocycles. The zero-order valence-electron chi connectivity index (χ0n) is 12.4. The van der Waals surface area contributed by atoms with Gasteiger partial charge in [-0.05, 0) is 44.6 Å². The van der Waals surface area contributed by atoms with Crippen molar-refractivity contribution in [3.05, 3.63) is 35.0 Å². The van der Waals surface area contributed by atoms with Crippen molar-refractivity contribution in [1.29, 1.82) is 0 Å². The minimum absolute atomic E-state index is 0.0297. The zero-order chi connectivity index (χ0) is 14.8. The van der Waals surface area contributed by atoms with E-state index in [1.54, 1.807) is 13.0 Å². The van der Waals surface area contributed by atoms with Crippen molar-refractivity contribution in [2.45, 2.75) is 33.1 Å². The molecule has 0 radical (unpaired) electrons. The zero-order valence-corrected chi connectivity index (χ0v) is 12.4. The van der Waals surface area contributed by atoms with E-state index >= 15 is 0 Å². The highest BCUT2D eigenvalue weighted by atomic mass is 16.5. The van der Waals surface area contributed by atoms with E-state index in [0.717, 1.165) is 32.4 Å². The van der Waals surface area contributed by atoms with Gasteiger partial charge >= 0.3 is 0 Å². The SMILES string of the molecule is Cc1cc(C(=O)N2CCCC(Cc3[nH]ncc3C)C2)no1. The number of hydrogen-bond donors (Lipinski definition) is 1. The molecule has 1 aliphatic heterocycles. The molecule has 2 aromatic rings. The largest absolute Gasteiger partial charge is 0.361 e. The lowest BCUT2D eigenvalue weighted by Gasteiger charge is -2.32. The van der Waals surface area contributed by atoms with E-state index in [1.807, 2.05) is 11.1 Å². The first-order valence-electron chi connectivity index (χ1n) is 7.35. The molecule has 3 heterocycles. The van der Waals surface area contributed by atoms with E-state index in [4.69, 9.17) is 4.52 Å². The predicted octanol–water partition coefficient (Wildman–Crippen LogP) is 2.11. The van der Waals surface area contributed by atoms with Crippen LogP contribution in [0.25, 0.3) is 0 Å². The first kappa shape index (κ1) is 13.9. The fourth-order valence-electron chi connectivity index (χ4n) is 2.91. The van der Waals surface area contributed by atoms with Gasteiger partial charge < -0.3 is 9.42 Å². The van der Waals surface area contributed by atoms with Gasteiger partial charge in [-0.15, -0.1) is 0 Å². The number of carbonyl (C=O) groups excluding carboxylic acids is 1. The number of H-pyrrole nitrogens is 1. The van der Waals surface area contributed by atoms with Crippen LogP contribution in [0.15, 0.2) is 16.8 Å². The molecule has 0 bridgehead atoms. The summed E-state index contributed by atoms with van der Waals surface area (Å²) in [6.07, 6.45) is 4.95. The van der Waals surface area contributed by atoms with E-state index in [1.165, 1.54) is 11.3 Å². The maximum absolute atomic E-state index is 12.4. The lowest BCUT2D eigenvalue weighted by Crippen LogP contribution is -2.40. The molecule has 21 heavy (non-hydrogen) atoms. The van der Waals surface area contributed by atoms with E-state index in [-0.39, 0.29) is 5.91 Å². The van der Waals surface area contributed by atoms with Gasteiger partial charge in [0.05, 0.1) is 6.20 Å². The molecule has 6 nitrogen and oxygen atoms in total. The standard InChI is InChI=1S/C15H20N4O2/c1-10-8-16-17-13(10)7-12-4-3-5-19(9-12)15(20)14-6-11(2)21-18-14/h6,8,12H,3-5,7,9H2,1-2H3,(H,16,17). The average Bonchev–Trinajstić information content (AvgIpc) is 3.08. The number of amides is 1. The monoisotopic (exact) mass is 288 g/mol. The molecule has 1 atom stereocenters. The van der Waals surface area contributed by atoms with Crippen LogP contribution >= 0.6 is 0 Å². The van der Waals surface area contributed by atoms with Crippen LogP contribution in [0.5, 0.6) is 0 Å². The summed E-state index contributed by atoms with van der Waals surface area (Å²) in [5.74, 6) is 1.10. The Balaban J connectivity index is 1.65. The van der Waals surface area contributed by atoms with Gasteiger partial charge in [0.15, 0.2) is 5.69 Å². The van der Waals surface area contributed by atoms with Crippen molar-refractivity contribution in [2.75, 3.05) is 13.1 Å². The molecule has 1 saturated heterocycles. The Bertz CT molecular complexity index is 631. The Hall–Kier alpha value is -2.11. The van der Waals surface area contributed by atoms with Crippen molar-refractivity contribution >= 4 is 5.91 Å².